The summed E-state index contributed by atoms with van der Waals surface area (Å²) in [6.45, 7) is 4.97. The predicted octanol–water partition coefficient (Wildman–Crippen LogP) is 7.55. The predicted molar refractivity (Wildman–Crippen MR) is 137 cm³/mol. The van der Waals surface area contributed by atoms with E-state index in [1.165, 1.54) is 5.56 Å². The Bertz CT molecular complexity index is 1300. The van der Waals surface area contributed by atoms with Gasteiger partial charge in [0.15, 0.2) is 11.6 Å². The van der Waals surface area contributed by atoms with Crippen molar-refractivity contribution in [3.63, 3.8) is 0 Å². The van der Waals surface area contributed by atoms with Crippen LogP contribution in [-0.2, 0) is 13.2 Å². The lowest BCUT2D eigenvalue weighted by molar-refractivity contribution is 0.0992. The van der Waals surface area contributed by atoms with Crippen LogP contribution in [0, 0.1) is 0 Å². The third-order valence-electron chi connectivity index (χ3n) is 5.09. The lowest BCUT2D eigenvalue weighted by Crippen LogP contribution is -2.12. The molecule has 1 N–H and O–H groups in total. The van der Waals surface area contributed by atoms with Gasteiger partial charge < -0.3 is 14.5 Å². The Balaban J connectivity index is 1.35. The summed E-state index contributed by atoms with van der Waals surface area (Å²) in [5, 5.41) is 8.15. The van der Waals surface area contributed by atoms with Crippen molar-refractivity contribution in [2.24, 2.45) is 0 Å². The molecule has 0 fully saturated rings. The van der Waals surface area contributed by atoms with Crippen molar-refractivity contribution in [3.05, 3.63) is 98.0 Å². The Labute approximate surface area is 215 Å². The van der Waals surface area contributed by atoms with Crippen LogP contribution in [0.1, 0.15) is 47.2 Å². The van der Waals surface area contributed by atoms with Gasteiger partial charge in [-0.05, 0) is 69.4 Å². The number of hydrogen-bond donors (Lipinski definition) is 1. The van der Waals surface area contributed by atoms with E-state index in [4.69, 9.17) is 32.4 Å². The fourth-order valence-corrected chi connectivity index (χ4v) is 3.97. The highest BCUT2D eigenvalue weighted by atomic mass is 79.9. The number of carbonyl (C=O) groups is 1. The fourth-order valence-electron chi connectivity index (χ4n) is 3.24. The topological polar surface area (TPSA) is 69.3 Å². The average Bonchev–Trinajstić information content (AvgIpc) is 3.42. The molecular formula is C25H22BrCl2N3O3. The van der Waals surface area contributed by atoms with E-state index in [0.29, 0.717) is 38.6 Å². The van der Waals surface area contributed by atoms with E-state index in [2.05, 4.69) is 40.2 Å². The molecule has 0 radical (unpaired) electrons. The number of anilines is 1. The number of nitrogens with one attached hydrogen (secondary N) is 1. The number of halogens is 3. The van der Waals surface area contributed by atoms with Crippen LogP contribution >= 0.6 is 39.1 Å². The van der Waals surface area contributed by atoms with Gasteiger partial charge in [0.25, 0.3) is 5.91 Å². The van der Waals surface area contributed by atoms with Crippen LogP contribution in [0.15, 0.2) is 69.7 Å². The third-order valence-corrected chi connectivity index (χ3v) is 6.41. The first kappa shape index (κ1) is 24.4. The van der Waals surface area contributed by atoms with Gasteiger partial charge in [-0.3, -0.25) is 9.48 Å². The summed E-state index contributed by atoms with van der Waals surface area (Å²) in [7, 11) is 0. The van der Waals surface area contributed by atoms with Crippen molar-refractivity contribution in [2.75, 3.05) is 5.32 Å². The highest BCUT2D eigenvalue weighted by Gasteiger charge is 2.16. The molecule has 0 aliphatic heterocycles. The van der Waals surface area contributed by atoms with Crippen LogP contribution in [0.25, 0.3) is 0 Å². The molecule has 176 valence electrons. The number of furan rings is 1. The molecule has 0 saturated carbocycles. The second kappa shape index (κ2) is 10.7. The third kappa shape index (κ3) is 6.03. The molecule has 9 heteroatoms. The van der Waals surface area contributed by atoms with Crippen LogP contribution < -0.4 is 10.1 Å². The van der Waals surface area contributed by atoms with E-state index in [0.717, 1.165) is 11.3 Å². The molecule has 2 aromatic heterocycles. The first-order chi connectivity index (χ1) is 16.3. The summed E-state index contributed by atoms with van der Waals surface area (Å²) in [5.74, 6) is 1.88. The Hall–Kier alpha value is -2.74. The fraction of sp³-hybridized carbons (Fsp3) is 0.200. The molecule has 0 unspecified atom stereocenters. The molecule has 4 aromatic rings. The Morgan fingerprint density at radius 3 is 2.59 bits per heavy atom. The van der Waals surface area contributed by atoms with Gasteiger partial charge in [0, 0.05) is 6.20 Å². The van der Waals surface area contributed by atoms with Crippen LogP contribution in [-0.4, -0.2) is 15.7 Å². The number of hydrogen-bond acceptors (Lipinski definition) is 4. The molecule has 1 amide bonds. The number of carbonyl (C=O) groups excluding carboxylic acids is 1. The number of nitrogens with zero attached hydrogens (tertiary/aromatic N) is 2. The van der Waals surface area contributed by atoms with Crippen LogP contribution in [0.5, 0.6) is 5.75 Å². The first-order valence-corrected chi connectivity index (χ1v) is 12.1. The standard InChI is InChI=1S/C25H22BrCl2N3O3/c1-15(2)17-4-6-18(7-5-17)33-14-19-8-10-23(34-19)25(32)29-24-20(26)13-31(30-24)12-16-3-9-21(27)22(28)11-16/h3-11,13,15H,12,14H2,1-2H3,(H,29,30,32). The lowest BCUT2D eigenvalue weighted by atomic mass is 10.0. The monoisotopic (exact) mass is 561 g/mol. The van der Waals surface area contributed by atoms with Gasteiger partial charge in [-0.15, -0.1) is 0 Å². The second-order valence-electron chi connectivity index (χ2n) is 8.00. The minimum Gasteiger partial charge on any atom is -0.486 e. The molecule has 0 bridgehead atoms. The summed E-state index contributed by atoms with van der Waals surface area (Å²) in [6, 6.07) is 16.6. The molecule has 2 aromatic carbocycles. The minimum absolute atomic E-state index is 0.166. The molecule has 0 saturated heterocycles. The summed E-state index contributed by atoms with van der Waals surface area (Å²) in [4.78, 5) is 12.7. The van der Waals surface area contributed by atoms with Crippen molar-refractivity contribution >= 4 is 50.9 Å². The van der Waals surface area contributed by atoms with E-state index < -0.39 is 5.91 Å². The number of aromatic nitrogens is 2. The zero-order chi connectivity index (χ0) is 24.2. The SMILES string of the molecule is CC(C)c1ccc(OCc2ccc(C(=O)Nc3nn(Cc4ccc(Cl)c(Cl)c4)cc3Br)o2)cc1. The Morgan fingerprint density at radius 2 is 1.88 bits per heavy atom. The smallest absolute Gasteiger partial charge is 0.292 e. The van der Waals surface area contributed by atoms with E-state index in [9.17, 15) is 4.79 Å². The van der Waals surface area contributed by atoms with E-state index in [1.807, 2.05) is 30.3 Å². The maximum absolute atomic E-state index is 12.7. The maximum Gasteiger partial charge on any atom is 0.292 e. The highest BCUT2D eigenvalue weighted by molar-refractivity contribution is 9.10. The van der Waals surface area contributed by atoms with Gasteiger partial charge >= 0.3 is 0 Å². The maximum atomic E-state index is 12.7. The summed E-state index contributed by atoms with van der Waals surface area (Å²) < 4.78 is 13.7. The normalized spacial score (nSPS) is 11.1. The molecule has 0 aliphatic carbocycles. The van der Waals surface area contributed by atoms with Gasteiger partial charge in [-0.1, -0.05) is 55.2 Å². The van der Waals surface area contributed by atoms with E-state index in [1.54, 1.807) is 35.1 Å². The number of amides is 1. The molecule has 34 heavy (non-hydrogen) atoms. The molecular weight excluding hydrogens is 541 g/mol. The Morgan fingerprint density at radius 1 is 1.12 bits per heavy atom. The minimum atomic E-state index is -0.409. The van der Waals surface area contributed by atoms with Crippen molar-refractivity contribution in [1.82, 2.24) is 9.78 Å². The quantitative estimate of drug-likeness (QED) is 0.241. The molecule has 2 heterocycles. The number of rotatable bonds is 8. The van der Waals surface area contributed by atoms with Crippen molar-refractivity contribution in [3.8, 4) is 5.75 Å². The highest BCUT2D eigenvalue weighted by Crippen LogP contribution is 2.25. The van der Waals surface area contributed by atoms with Gasteiger partial charge in [0.1, 0.15) is 18.1 Å². The zero-order valence-corrected chi connectivity index (χ0v) is 21.6. The number of ether oxygens (including phenoxy) is 1. The molecule has 6 nitrogen and oxygen atoms in total. The van der Waals surface area contributed by atoms with Gasteiger partial charge in [0.2, 0.25) is 0 Å². The van der Waals surface area contributed by atoms with E-state index in [-0.39, 0.29) is 12.4 Å². The van der Waals surface area contributed by atoms with Crippen LogP contribution in [0.4, 0.5) is 5.82 Å². The molecule has 0 atom stereocenters. The number of benzene rings is 2. The van der Waals surface area contributed by atoms with Crippen LogP contribution in [0.3, 0.4) is 0 Å². The van der Waals surface area contributed by atoms with Gasteiger partial charge in [-0.25, -0.2) is 0 Å². The second-order valence-corrected chi connectivity index (χ2v) is 9.67. The lowest BCUT2D eigenvalue weighted by Gasteiger charge is -2.08. The Kier molecular flexibility index (Phi) is 7.66. The zero-order valence-electron chi connectivity index (χ0n) is 18.5. The molecule has 0 aliphatic rings. The average molecular weight is 563 g/mol. The summed E-state index contributed by atoms with van der Waals surface area (Å²) in [5.41, 5.74) is 2.17. The summed E-state index contributed by atoms with van der Waals surface area (Å²) >= 11 is 15.5. The van der Waals surface area contributed by atoms with Crippen molar-refractivity contribution in [1.29, 1.82) is 0 Å². The van der Waals surface area contributed by atoms with Gasteiger partial charge in [0.05, 0.1) is 21.1 Å². The largest absolute Gasteiger partial charge is 0.486 e. The first-order valence-electron chi connectivity index (χ1n) is 10.6. The van der Waals surface area contributed by atoms with Crippen molar-refractivity contribution < 1.29 is 13.9 Å². The van der Waals surface area contributed by atoms with Gasteiger partial charge in [-0.2, -0.15) is 5.10 Å². The van der Waals surface area contributed by atoms with Crippen LogP contribution in [0.2, 0.25) is 10.0 Å². The summed E-state index contributed by atoms with van der Waals surface area (Å²) in [6.07, 6.45) is 1.77. The molecule has 0 spiro atoms. The molecule has 4 rings (SSSR count). The van der Waals surface area contributed by atoms with Crippen molar-refractivity contribution in [2.45, 2.75) is 32.9 Å². The van der Waals surface area contributed by atoms with E-state index >= 15 is 0 Å².